The van der Waals surface area contributed by atoms with E-state index in [2.05, 4.69) is 9.36 Å². The third-order valence-corrected chi connectivity index (χ3v) is 6.10. The Morgan fingerprint density at radius 2 is 2.14 bits per heavy atom. The fraction of sp³-hybridized carbons (Fsp3) is 0.462. The number of hydrogen-bond donors (Lipinski definition) is 2. The van der Waals surface area contributed by atoms with Crippen LogP contribution in [0.3, 0.4) is 0 Å². The van der Waals surface area contributed by atoms with E-state index in [0.717, 1.165) is 12.8 Å². The summed E-state index contributed by atoms with van der Waals surface area (Å²) in [6.07, 6.45) is 1.74. The van der Waals surface area contributed by atoms with Crippen molar-refractivity contribution in [2.45, 2.75) is 18.9 Å². The van der Waals surface area contributed by atoms with Crippen molar-refractivity contribution in [2.24, 2.45) is 15.1 Å². The lowest BCUT2D eigenvalue weighted by Gasteiger charge is -2.32. The van der Waals surface area contributed by atoms with E-state index in [1.807, 2.05) is 0 Å². The molecule has 0 fully saturated rings. The summed E-state index contributed by atoms with van der Waals surface area (Å²) in [6, 6.07) is 3.68. The van der Waals surface area contributed by atoms with E-state index in [1.54, 1.807) is 4.31 Å². The molecule has 3 rings (SSSR count). The highest BCUT2D eigenvalue weighted by molar-refractivity contribution is 7.92. The third kappa shape index (κ3) is 2.55. The zero-order chi connectivity index (χ0) is 15.0. The smallest absolute Gasteiger partial charge is 0.204 e. The summed E-state index contributed by atoms with van der Waals surface area (Å²) in [5.74, 6) is -0.104. The van der Waals surface area contributed by atoms with Crippen molar-refractivity contribution in [3.63, 3.8) is 0 Å². The number of nitrogen functional groups attached to an aromatic ring is 1. The first-order chi connectivity index (χ1) is 9.99. The van der Waals surface area contributed by atoms with Crippen LogP contribution in [0.1, 0.15) is 24.4 Å². The number of nitrogens with zero attached hydrogens (tertiary/aromatic N) is 3. The predicted molar refractivity (Wildman–Crippen MR) is 81.4 cm³/mol. The maximum atomic E-state index is 14.0. The number of hydrogen-bond acceptors (Lipinski definition) is 5. The fourth-order valence-electron chi connectivity index (χ4n) is 2.63. The molecular formula is C13H18FN5OS. The molecule has 2 aliphatic heterocycles. The molecule has 21 heavy (non-hydrogen) atoms. The number of benzene rings is 1. The van der Waals surface area contributed by atoms with Gasteiger partial charge in [0, 0.05) is 17.8 Å². The van der Waals surface area contributed by atoms with Crippen molar-refractivity contribution in [3.8, 4) is 0 Å². The average Bonchev–Trinajstić information content (AvgIpc) is 2.63. The highest BCUT2D eigenvalue weighted by Gasteiger charge is 2.34. The molecule has 0 saturated carbocycles. The van der Waals surface area contributed by atoms with E-state index in [4.69, 9.17) is 11.5 Å². The van der Waals surface area contributed by atoms with Gasteiger partial charge in [-0.05, 0) is 31.0 Å². The summed E-state index contributed by atoms with van der Waals surface area (Å²) in [7, 11) is -2.65. The standard InChI is InChI=1S/C13H18FN5OS/c14-11-4-3-9(15)7-10(11)12-8-21(20)17-5-1-2-6-19(21)13(16)18-12/h3-4,7,12H,1-2,5-6,8,15H2,(H2,16,18)/t12-,21?/m0/s1. The molecule has 0 bridgehead atoms. The molecule has 0 radical (unpaired) electrons. The number of halogens is 1. The van der Waals surface area contributed by atoms with Crippen LogP contribution in [0.15, 0.2) is 27.6 Å². The maximum Gasteiger partial charge on any atom is 0.204 e. The van der Waals surface area contributed by atoms with Crippen LogP contribution in [0.25, 0.3) is 0 Å². The monoisotopic (exact) mass is 311 g/mol. The molecular weight excluding hydrogens is 293 g/mol. The van der Waals surface area contributed by atoms with Gasteiger partial charge in [-0.25, -0.2) is 18.0 Å². The van der Waals surface area contributed by atoms with Crippen LogP contribution < -0.4 is 11.5 Å². The van der Waals surface area contributed by atoms with E-state index >= 15 is 0 Å². The number of rotatable bonds is 1. The summed E-state index contributed by atoms with van der Waals surface area (Å²) in [5, 5.41) is 0. The van der Waals surface area contributed by atoms with Crippen molar-refractivity contribution in [3.05, 3.63) is 29.6 Å². The lowest BCUT2D eigenvalue weighted by atomic mass is 10.1. The zero-order valence-electron chi connectivity index (χ0n) is 11.5. The Kier molecular flexibility index (Phi) is 3.48. The number of nitrogens with two attached hydrogens (primary N) is 2. The zero-order valence-corrected chi connectivity index (χ0v) is 12.4. The Bertz CT molecular complexity index is 711. The van der Waals surface area contributed by atoms with Gasteiger partial charge in [-0.3, -0.25) is 4.31 Å². The van der Waals surface area contributed by atoms with Gasteiger partial charge in [-0.1, -0.05) is 0 Å². The molecule has 4 N–H and O–H groups in total. The lowest BCUT2D eigenvalue weighted by molar-refractivity contribution is 0.538. The largest absolute Gasteiger partial charge is 0.399 e. The van der Waals surface area contributed by atoms with Crippen molar-refractivity contribution in [2.75, 3.05) is 24.6 Å². The number of anilines is 1. The lowest BCUT2D eigenvalue weighted by Crippen LogP contribution is -2.47. The van der Waals surface area contributed by atoms with Gasteiger partial charge in [-0.15, -0.1) is 0 Å². The van der Waals surface area contributed by atoms with Crippen LogP contribution in [0.4, 0.5) is 10.1 Å². The molecule has 8 heteroatoms. The number of guanidine groups is 1. The summed E-state index contributed by atoms with van der Waals surface area (Å²) in [6.45, 7) is 1.11. The first-order valence-corrected chi connectivity index (χ1v) is 8.50. The van der Waals surface area contributed by atoms with E-state index in [0.29, 0.717) is 24.3 Å². The van der Waals surface area contributed by atoms with Gasteiger partial charge in [0.05, 0.1) is 18.3 Å². The average molecular weight is 311 g/mol. The van der Waals surface area contributed by atoms with Gasteiger partial charge in [0.15, 0.2) is 0 Å². The molecule has 1 aromatic carbocycles. The second kappa shape index (κ2) is 5.18. The molecule has 0 spiro atoms. The molecule has 1 unspecified atom stereocenters. The highest BCUT2D eigenvalue weighted by Crippen LogP contribution is 2.30. The highest BCUT2D eigenvalue weighted by atomic mass is 32.2. The van der Waals surface area contributed by atoms with Crippen LogP contribution in [0, 0.1) is 5.82 Å². The van der Waals surface area contributed by atoms with Crippen molar-refractivity contribution in [1.29, 1.82) is 0 Å². The van der Waals surface area contributed by atoms with Crippen molar-refractivity contribution in [1.82, 2.24) is 4.31 Å². The Morgan fingerprint density at radius 1 is 1.33 bits per heavy atom. The van der Waals surface area contributed by atoms with E-state index in [-0.39, 0.29) is 11.7 Å². The molecule has 2 atom stereocenters. The Labute approximate surface area is 123 Å². The van der Waals surface area contributed by atoms with E-state index in [9.17, 15) is 8.60 Å². The van der Waals surface area contributed by atoms with E-state index in [1.165, 1.54) is 18.2 Å². The van der Waals surface area contributed by atoms with Gasteiger partial charge in [0.2, 0.25) is 5.96 Å². The van der Waals surface area contributed by atoms with Crippen LogP contribution >= 0.6 is 0 Å². The molecule has 2 heterocycles. The Balaban J connectivity index is 2.06. The first kappa shape index (κ1) is 14.1. The third-order valence-electron chi connectivity index (χ3n) is 3.70. The molecule has 6 nitrogen and oxygen atoms in total. The topological polar surface area (TPSA) is 97.1 Å². The van der Waals surface area contributed by atoms with Crippen molar-refractivity contribution >= 4 is 21.6 Å². The van der Waals surface area contributed by atoms with Crippen LogP contribution in [-0.2, 0) is 9.92 Å². The number of aliphatic imine (C=N–C) groups is 1. The molecule has 0 aromatic heterocycles. The minimum atomic E-state index is -2.65. The first-order valence-electron chi connectivity index (χ1n) is 6.86. The molecule has 0 aliphatic carbocycles. The van der Waals surface area contributed by atoms with Gasteiger partial charge in [-0.2, -0.15) is 0 Å². The second-order valence-electron chi connectivity index (χ2n) is 5.22. The van der Waals surface area contributed by atoms with E-state index < -0.39 is 21.8 Å². The minimum absolute atomic E-state index is 0.147. The molecule has 0 amide bonds. The summed E-state index contributed by atoms with van der Waals surface area (Å²) >= 11 is 0. The summed E-state index contributed by atoms with van der Waals surface area (Å²) in [5.41, 5.74) is 12.4. The second-order valence-corrected chi connectivity index (χ2v) is 7.47. The SMILES string of the molecule is NC1=N[C@H](c2cc(N)ccc2F)CS2(=O)=NCCCCN12. The summed E-state index contributed by atoms with van der Waals surface area (Å²) < 4.78 is 32.9. The fourth-order valence-corrected chi connectivity index (χ4v) is 4.89. The maximum absolute atomic E-state index is 14.0. The molecule has 114 valence electrons. The minimum Gasteiger partial charge on any atom is -0.399 e. The molecule has 1 aromatic rings. The van der Waals surface area contributed by atoms with Gasteiger partial charge >= 0.3 is 0 Å². The van der Waals surface area contributed by atoms with Crippen LogP contribution in [0.5, 0.6) is 0 Å². The van der Waals surface area contributed by atoms with Crippen LogP contribution in [0.2, 0.25) is 0 Å². The molecule has 0 saturated heterocycles. The normalized spacial score (nSPS) is 29.1. The Hall–Kier alpha value is -1.83. The molecule has 2 aliphatic rings. The Morgan fingerprint density at radius 3 is 2.95 bits per heavy atom. The number of fused-ring (bicyclic) bond motifs is 1. The van der Waals surface area contributed by atoms with Gasteiger partial charge < -0.3 is 11.5 Å². The quantitative estimate of drug-likeness (QED) is 0.764. The van der Waals surface area contributed by atoms with Crippen molar-refractivity contribution < 1.29 is 8.60 Å². The van der Waals surface area contributed by atoms with Crippen LogP contribution in [-0.4, -0.2) is 33.3 Å². The predicted octanol–water partition coefficient (Wildman–Crippen LogP) is 1.26. The summed E-state index contributed by atoms with van der Waals surface area (Å²) in [4.78, 5) is 4.31. The van der Waals surface area contributed by atoms with Gasteiger partial charge in [0.1, 0.15) is 15.7 Å². The van der Waals surface area contributed by atoms with Gasteiger partial charge in [0.25, 0.3) is 0 Å².